The van der Waals surface area contributed by atoms with Gasteiger partial charge in [0.25, 0.3) is 0 Å². The Morgan fingerprint density at radius 2 is 1.39 bits per heavy atom. The van der Waals surface area contributed by atoms with Crippen LogP contribution in [0.3, 0.4) is 0 Å². The molecule has 0 aromatic heterocycles. The summed E-state index contributed by atoms with van der Waals surface area (Å²) in [7, 11) is 0. The van der Waals surface area contributed by atoms with E-state index in [1.54, 1.807) is 12.5 Å². The van der Waals surface area contributed by atoms with E-state index in [1.807, 2.05) is 0 Å². The summed E-state index contributed by atoms with van der Waals surface area (Å²) in [4.78, 5) is 31.9. The highest BCUT2D eigenvalue weighted by Gasteiger charge is 2.69. The van der Waals surface area contributed by atoms with Gasteiger partial charge in [-0.15, -0.1) is 0 Å². The fourth-order valence-corrected chi connectivity index (χ4v) is 14.0. The van der Waals surface area contributed by atoms with Gasteiger partial charge in [0, 0.05) is 50.5 Å². The van der Waals surface area contributed by atoms with Gasteiger partial charge in [0.15, 0.2) is 0 Å². The number of hydrogen-bond acceptors (Lipinski definition) is 4. The predicted octanol–water partition coefficient (Wildman–Crippen LogP) is 12.3. The molecule has 5 nitrogen and oxygen atoms in total. The first-order valence-electron chi connectivity index (χ1n) is 23.0. The lowest BCUT2D eigenvalue weighted by molar-refractivity contribution is -0.229. The number of carbonyl (C=O) groups excluding carboxylic acids is 2. The smallest absolute Gasteiger partial charge is 0.302 e. The third-order valence-corrected chi connectivity index (χ3v) is 18.0. The normalized spacial score (nSPS) is 40.0. The lowest BCUT2D eigenvalue weighted by Gasteiger charge is -2.71. The van der Waals surface area contributed by atoms with Crippen molar-refractivity contribution in [2.45, 2.75) is 179 Å². The van der Waals surface area contributed by atoms with Gasteiger partial charge in [-0.05, 0) is 157 Å². The second-order valence-corrected chi connectivity index (χ2v) is 22.3. The number of ether oxygens (including phenoxy) is 1. The van der Waals surface area contributed by atoms with E-state index in [2.05, 4.69) is 110 Å². The fourth-order valence-electron chi connectivity index (χ4n) is 14.0. The Morgan fingerprint density at radius 3 is 2.05 bits per heavy atom. The van der Waals surface area contributed by atoms with Crippen molar-refractivity contribution in [1.29, 1.82) is 0 Å². The van der Waals surface area contributed by atoms with Gasteiger partial charge in [-0.3, -0.25) is 14.5 Å². The number of rotatable bonds is 10. The summed E-state index contributed by atoms with van der Waals surface area (Å²) in [5.74, 6) is 1.76. The predicted molar refractivity (Wildman–Crippen MR) is 233 cm³/mol. The molecule has 4 unspecified atom stereocenters. The van der Waals surface area contributed by atoms with E-state index in [4.69, 9.17) is 4.74 Å². The summed E-state index contributed by atoms with van der Waals surface area (Å²) in [6.45, 7) is 32.7. The fraction of sp³-hybridized carbons (Fsp3) is 0.804. The van der Waals surface area contributed by atoms with Gasteiger partial charge >= 0.3 is 5.97 Å². The second-order valence-electron chi connectivity index (χ2n) is 22.3. The van der Waals surface area contributed by atoms with Crippen LogP contribution in [0.15, 0.2) is 46.6 Å². The van der Waals surface area contributed by atoms with Crippen LogP contribution in [0.25, 0.3) is 0 Å². The standard InChI is InChI=1S/C51H82N2O3/c1-36(2)15-13-16-37(3)17-14-18-38(4)23-30-52-31-33-53(34-32-52)45(55)48(9)27-26-47(8)28-29-49(10)40(41(47)35-48)19-20-43-50(49,11)25-21-42-46(6,7)24-22-44(51(42,43)12)56-39(5)54/h15,17,19,23,41-44H,13-14,16,18,20-22,24-35H2,1-12H3/t41-,42?,43?,44?,47+,48?,49+,50+,51-/m0/s1. The van der Waals surface area contributed by atoms with Crippen molar-refractivity contribution in [3.63, 3.8) is 0 Å². The molecule has 1 amide bonds. The first-order valence-corrected chi connectivity index (χ1v) is 23.0. The lowest BCUT2D eigenvalue weighted by atomic mass is 9.33. The van der Waals surface area contributed by atoms with Crippen molar-refractivity contribution < 1.29 is 14.3 Å². The summed E-state index contributed by atoms with van der Waals surface area (Å²) < 4.78 is 6.29. The Morgan fingerprint density at radius 1 is 0.750 bits per heavy atom. The Bertz CT molecular complexity index is 1610. The van der Waals surface area contributed by atoms with E-state index in [1.165, 1.54) is 42.4 Å². The van der Waals surface area contributed by atoms with Gasteiger partial charge in [-0.2, -0.15) is 0 Å². The monoisotopic (exact) mass is 771 g/mol. The molecule has 5 aliphatic carbocycles. The van der Waals surface area contributed by atoms with Crippen LogP contribution in [0, 0.1) is 50.2 Å². The Labute approximate surface area is 343 Å². The number of carbonyl (C=O) groups is 2. The molecule has 56 heavy (non-hydrogen) atoms. The molecule has 5 heteroatoms. The third kappa shape index (κ3) is 7.95. The van der Waals surface area contributed by atoms with E-state index in [0.717, 1.165) is 96.9 Å². The molecule has 0 aromatic rings. The highest BCUT2D eigenvalue weighted by atomic mass is 16.5. The molecule has 1 aliphatic heterocycles. The number of nitrogens with zero attached hydrogens (tertiary/aromatic N) is 2. The van der Waals surface area contributed by atoms with Crippen LogP contribution in [-0.2, 0) is 14.3 Å². The summed E-state index contributed by atoms with van der Waals surface area (Å²) in [5.41, 5.74) is 6.44. The molecule has 1 heterocycles. The van der Waals surface area contributed by atoms with Crippen LogP contribution in [-0.4, -0.2) is 60.5 Å². The van der Waals surface area contributed by atoms with Gasteiger partial charge in [0.2, 0.25) is 5.91 Å². The van der Waals surface area contributed by atoms with Gasteiger partial charge < -0.3 is 9.64 Å². The van der Waals surface area contributed by atoms with Crippen molar-refractivity contribution >= 4 is 11.9 Å². The molecule has 0 radical (unpaired) electrons. The maximum Gasteiger partial charge on any atom is 0.302 e. The molecular formula is C51H82N2O3. The minimum absolute atomic E-state index is 0.00877. The van der Waals surface area contributed by atoms with Crippen molar-refractivity contribution in [1.82, 2.24) is 9.80 Å². The second kappa shape index (κ2) is 16.1. The topological polar surface area (TPSA) is 49.9 Å². The van der Waals surface area contributed by atoms with E-state index in [0.29, 0.717) is 23.7 Å². The number of esters is 1. The summed E-state index contributed by atoms with van der Waals surface area (Å²) in [5, 5.41) is 0. The zero-order chi connectivity index (χ0) is 40.9. The molecule has 5 fully saturated rings. The first-order chi connectivity index (χ1) is 26.2. The molecular weight excluding hydrogens is 689 g/mol. The van der Waals surface area contributed by atoms with E-state index < -0.39 is 0 Å². The molecule has 0 bridgehead atoms. The largest absolute Gasteiger partial charge is 0.462 e. The van der Waals surface area contributed by atoms with Gasteiger partial charge in [-0.1, -0.05) is 95.1 Å². The zero-order valence-electron chi connectivity index (χ0n) is 38.2. The van der Waals surface area contributed by atoms with Crippen LogP contribution in [0.4, 0.5) is 0 Å². The highest BCUT2D eigenvalue weighted by Crippen LogP contribution is 2.76. The van der Waals surface area contributed by atoms with Gasteiger partial charge in [-0.25, -0.2) is 0 Å². The molecule has 0 aromatic carbocycles. The van der Waals surface area contributed by atoms with E-state index >= 15 is 0 Å². The average molecular weight is 771 g/mol. The molecule has 6 rings (SSSR count). The highest BCUT2D eigenvalue weighted by molar-refractivity contribution is 5.82. The van der Waals surface area contributed by atoms with Crippen LogP contribution in [0.2, 0.25) is 0 Å². The first kappa shape index (κ1) is 43.4. The number of allylic oxidation sites excluding steroid dienone is 7. The SMILES string of the molecule is CC(=O)OC1CCC(C)(C)C2CC[C@]3(C)C(CC=C4[C@@H]5CC(C)(C(=O)N6CCN(CC=C(C)CCC=C(C)CCC=C(C)C)CC6)CC[C@]5(C)CC[C@]43C)[C@@]12C. The van der Waals surface area contributed by atoms with Gasteiger partial charge in [0.05, 0.1) is 0 Å². The zero-order valence-corrected chi connectivity index (χ0v) is 38.2. The summed E-state index contributed by atoms with van der Waals surface area (Å²) >= 11 is 0. The maximum atomic E-state index is 14.6. The summed E-state index contributed by atoms with van der Waals surface area (Å²) in [6.07, 6.45) is 25.7. The van der Waals surface area contributed by atoms with Crippen molar-refractivity contribution in [3.05, 3.63) is 46.6 Å². The average Bonchev–Trinajstić information content (AvgIpc) is 3.12. The van der Waals surface area contributed by atoms with Crippen LogP contribution in [0.1, 0.15) is 173 Å². The quantitative estimate of drug-likeness (QED) is 0.164. The minimum atomic E-state index is -0.311. The Kier molecular flexibility index (Phi) is 12.5. The van der Waals surface area contributed by atoms with E-state index in [-0.39, 0.29) is 44.6 Å². The van der Waals surface area contributed by atoms with Crippen LogP contribution in [0.5, 0.6) is 0 Å². The van der Waals surface area contributed by atoms with Crippen LogP contribution < -0.4 is 0 Å². The summed E-state index contributed by atoms with van der Waals surface area (Å²) in [6, 6.07) is 0. The van der Waals surface area contributed by atoms with Crippen molar-refractivity contribution in [2.24, 2.45) is 50.2 Å². The minimum Gasteiger partial charge on any atom is -0.462 e. The molecule has 4 saturated carbocycles. The Balaban J connectivity index is 1.11. The van der Waals surface area contributed by atoms with Crippen LogP contribution >= 0.6 is 0 Å². The van der Waals surface area contributed by atoms with E-state index in [9.17, 15) is 9.59 Å². The molecule has 0 spiro atoms. The molecule has 6 aliphatic rings. The number of amides is 1. The molecule has 0 N–H and O–H groups in total. The number of piperazine rings is 1. The van der Waals surface area contributed by atoms with Crippen molar-refractivity contribution in [2.75, 3.05) is 32.7 Å². The van der Waals surface area contributed by atoms with Gasteiger partial charge in [0.1, 0.15) is 6.10 Å². The lowest BCUT2D eigenvalue weighted by Crippen LogP contribution is -2.66. The molecule has 314 valence electrons. The molecule has 9 atom stereocenters. The number of fused-ring (bicyclic) bond motifs is 7. The Hall–Kier alpha value is -2.14. The third-order valence-electron chi connectivity index (χ3n) is 18.0. The number of hydrogen-bond donors (Lipinski definition) is 0. The maximum absolute atomic E-state index is 14.6. The molecule has 1 saturated heterocycles. The van der Waals surface area contributed by atoms with Crippen molar-refractivity contribution in [3.8, 4) is 0 Å².